The molecule has 0 saturated heterocycles. The van der Waals surface area contributed by atoms with Gasteiger partial charge in [0.1, 0.15) is 0 Å². The minimum atomic E-state index is 0.0588. The van der Waals surface area contributed by atoms with E-state index in [9.17, 15) is 10.2 Å². The Morgan fingerprint density at radius 1 is 0.667 bits per heavy atom. The minimum absolute atomic E-state index is 0.0588. The Labute approximate surface area is 205 Å². The minimum Gasteiger partial charge on any atom is -0.494 e. The highest BCUT2D eigenvalue weighted by Gasteiger charge is 2.19. The van der Waals surface area contributed by atoms with Gasteiger partial charge in [-0.05, 0) is 26.2 Å². The molecule has 2 N–H and O–H groups in total. The molecular formula is C30H55NO2. The molecule has 0 saturated carbocycles. The summed E-state index contributed by atoms with van der Waals surface area (Å²) in [4.78, 5) is 0. The van der Waals surface area contributed by atoms with Crippen LogP contribution in [0, 0.1) is 0 Å². The van der Waals surface area contributed by atoms with Gasteiger partial charge in [0.2, 0.25) is 0 Å². The van der Waals surface area contributed by atoms with E-state index in [2.05, 4.69) is 26.8 Å². The summed E-state index contributed by atoms with van der Waals surface area (Å²) in [6.45, 7) is 6.68. The summed E-state index contributed by atoms with van der Waals surface area (Å²) >= 11 is 0. The standard InChI is InChI=1S/C30H55NO2/c1-4-6-8-10-11-12-13-14-15-16-17-18-20-22-24-28(31-29(32)25-26-30(31)33)27(3)23-21-19-9-7-5-2/h23,25-26,28,32-33H,4-22,24H2,1-3H3. The summed E-state index contributed by atoms with van der Waals surface area (Å²) in [7, 11) is 0. The summed E-state index contributed by atoms with van der Waals surface area (Å²) in [5.41, 5.74) is 1.27. The highest BCUT2D eigenvalue weighted by Crippen LogP contribution is 2.34. The molecule has 0 aliphatic rings. The summed E-state index contributed by atoms with van der Waals surface area (Å²) in [6, 6.07) is 3.26. The van der Waals surface area contributed by atoms with E-state index in [0.29, 0.717) is 0 Å². The third-order valence-electron chi connectivity index (χ3n) is 7.07. The molecule has 1 aromatic heterocycles. The monoisotopic (exact) mass is 461 g/mol. The molecule has 33 heavy (non-hydrogen) atoms. The average Bonchev–Trinajstić information content (AvgIpc) is 3.14. The lowest BCUT2D eigenvalue weighted by atomic mass is 9.98. The number of allylic oxidation sites excluding steroid dienone is 2. The third kappa shape index (κ3) is 13.8. The van der Waals surface area contributed by atoms with Crippen LogP contribution in [0.2, 0.25) is 0 Å². The van der Waals surface area contributed by atoms with Crippen molar-refractivity contribution in [1.29, 1.82) is 0 Å². The zero-order valence-corrected chi connectivity index (χ0v) is 22.3. The van der Waals surface area contributed by atoms with Gasteiger partial charge in [-0.15, -0.1) is 0 Å². The molecule has 3 heteroatoms. The van der Waals surface area contributed by atoms with Crippen LogP contribution in [0.15, 0.2) is 23.8 Å². The van der Waals surface area contributed by atoms with Crippen LogP contribution < -0.4 is 0 Å². The van der Waals surface area contributed by atoms with Crippen LogP contribution in [0.5, 0.6) is 11.8 Å². The Bertz CT molecular complexity index is 585. The highest BCUT2D eigenvalue weighted by atomic mass is 16.3. The molecule has 0 aromatic carbocycles. The van der Waals surface area contributed by atoms with Gasteiger partial charge in [0, 0.05) is 12.1 Å². The van der Waals surface area contributed by atoms with Crippen LogP contribution in [0.1, 0.15) is 155 Å². The van der Waals surface area contributed by atoms with Crippen molar-refractivity contribution in [3.63, 3.8) is 0 Å². The number of hydrogen-bond donors (Lipinski definition) is 2. The second kappa shape index (κ2) is 20.0. The fourth-order valence-electron chi connectivity index (χ4n) is 4.88. The fraction of sp³-hybridized carbons (Fsp3) is 0.800. The van der Waals surface area contributed by atoms with Gasteiger partial charge in [0.05, 0.1) is 6.04 Å². The van der Waals surface area contributed by atoms with Crippen LogP contribution in [0.3, 0.4) is 0 Å². The first-order valence-corrected chi connectivity index (χ1v) is 14.4. The van der Waals surface area contributed by atoms with E-state index in [1.807, 2.05) is 0 Å². The number of aromatic hydroxyl groups is 2. The smallest absolute Gasteiger partial charge is 0.194 e. The first-order chi connectivity index (χ1) is 16.1. The van der Waals surface area contributed by atoms with Gasteiger partial charge in [-0.25, -0.2) is 0 Å². The molecule has 1 aromatic rings. The normalized spacial score (nSPS) is 13.0. The van der Waals surface area contributed by atoms with E-state index in [0.717, 1.165) is 19.3 Å². The maximum absolute atomic E-state index is 10.3. The third-order valence-corrected chi connectivity index (χ3v) is 7.07. The van der Waals surface area contributed by atoms with E-state index in [1.165, 1.54) is 115 Å². The van der Waals surface area contributed by atoms with Gasteiger partial charge in [-0.2, -0.15) is 0 Å². The molecule has 192 valence electrons. The topological polar surface area (TPSA) is 45.4 Å². The number of rotatable bonds is 22. The Balaban J connectivity index is 2.25. The SMILES string of the molecule is CCCCCCC=C(C)C(CCCCCCCCCCCCCCCC)n1c(O)ccc1O. The number of aromatic nitrogens is 1. The van der Waals surface area contributed by atoms with Crippen LogP contribution in [-0.4, -0.2) is 14.8 Å². The second-order valence-corrected chi connectivity index (χ2v) is 10.1. The predicted octanol–water partition coefficient (Wildman–Crippen LogP) is 10.2. The molecule has 0 fully saturated rings. The van der Waals surface area contributed by atoms with Crippen molar-refractivity contribution in [2.75, 3.05) is 0 Å². The average molecular weight is 462 g/mol. The van der Waals surface area contributed by atoms with Gasteiger partial charge >= 0.3 is 0 Å². The summed E-state index contributed by atoms with van der Waals surface area (Å²) < 4.78 is 1.71. The zero-order chi connectivity index (χ0) is 24.2. The van der Waals surface area contributed by atoms with Crippen molar-refractivity contribution in [2.45, 2.75) is 155 Å². The molecule has 1 heterocycles. The molecule has 1 atom stereocenters. The van der Waals surface area contributed by atoms with Crippen molar-refractivity contribution < 1.29 is 10.2 Å². The molecule has 1 rings (SSSR count). The summed E-state index contributed by atoms with van der Waals surface area (Å²) in [5.74, 6) is 0.336. The van der Waals surface area contributed by atoms with Gasteiger partial charge in [-0.1, -0.05) is 135 Å². The van der Waals surface area contributed by atoms with E-state index in [1.54, 1.807) is 16.7 Å². The van der Waals surface area contributed by atoms with Crippen LogP contribution in [0.4, 0.5) is 0 Å². The van der Waals surface area contributed by atoms with Crippen molar-refractivity contribution in [1.82, 2.24) is 4.57 Å². The van der Waals surface area contributed by atoms with Crippen molar-refractivity contribution in [2.24, 2.45) is 0 Å². The predicted molar refractivity (Wildman–Crippen MR) is 144 cm³/mol. The molecule has 0 bridgehead atoms. The molecule has 0 aliphatic carbocycles. The first-order valence-electron chi connectivity index (χ1n) is 14.4. The number of hydrogen-bond acceptors (Lipinski definition) is 2. The second-order valence-electron chi connectivity index (χ2n) is 10.1. The van der Waals surface area contributed by atoms with Crippen LogP contribution in [-0.2, 0) is 0 Å². The zero-order valence-electron chi connectivity index (χ0n) is 22.3. The van der Waals surface area contributed by atoms with E-state index < -0.39 is 0 Å². The van der Waals surface area contributed by atoms with E-state index in [4.69, 9.17) is 0 Å². The maximum atomic E-state index is 10.3. The molecule has 0 amide bonds. The Hall–Kier alpha value is -1.38. The molecule has 0 radical (unpaired) electrons. The van der Waals surface area contributed by atoms with Gasteiger partial charge in [0.25, 0.3) is 0 Å². The largest absolute Gasteiger partial charge is 0.494 e. The van der Waals surface area contributed by atoms with Gasteiger partial charge in [-0.3, -0.25) is 4.57 Å². The van der Waals surface area contributed by atoms with Crippen molar-refractivity contribution >= 4 is 0 Å². The van der Waals surface area contributed by atoms with Crippen LogP contribution in [0.25, 0.3) is 0 Å². The number of nitrogens with zero attached hydrogens (tertiary/aromatic N) is 1. The maximum Gasteiger partial charge on any atom is 0.194 e. The molecule has 3 nitrogen and oxygen atoms in total. The molecule has 0 spiro atoms. The highest BCUT2D eigenvalue weighted by molar-refractivity contribution is 5.28. The lowest BCUT2D eigenvalue weighted by Gasteiger charge is -2.22. The fourth-order valence-corrected chi connectivity index (χ4v) is 4.88. The first kappa shape index (κ1) is 29.7. The summed E-state index contributed by atoms with van der Waals surface area (Å²) in [6.07, 6.45) is 28.5. The summed E-state index contributed by atoms with van der Waals surface area (Å²) in [5, 5.41) is 20.6. The Kier molecular flexibility index (Phi) is 18.0. The molecular weight excluding hydrogens is 406 g/mol. The Morgan fingerprint density at radius 2 is 1.06 bits per heavy atom. The van der Waals surface area contributed by atoms with Crippen molar-refractivity contribution in [3.8, 4) is 11.8 Å². The van der Waals surface area contributed by atoms with Gasteiger partial charge < -0.3 is 10.2 Å². The van der Waals surface area contributed by atoms with E-state index >= 15 is 0 Å². The lowest BCUT2D eigenvalue weighted by molar-refractivity contribution is 0.336. The lowest BCUT2D eigenvalue weighted by Crippen LogP contribution is -2.10. The number of unbranched alkanes of at least 4 members (excludes halogenated alkanes) is 17. The van der Waals surface area contributed by atoms with Crippen LogP contribution >= 0.6 is 0 Å². The molecule has 1 unspecified atom stereocenters. The Morgan fingerprint density at radius 3 is 1.52 bits per heavy atom. The van der Waals surface area contributed by atoms with Gasteiger partial charge in [0.15, 0.2) is 11.8 Å². The quantitative estimate of drug-likeness (QED) is 0.133. The van der Waals surface area contributed by atoms with Crippen molar-refractivity contribution in [3.05, 3.63) is 23.8 Å². The molecule has 0 aliphatic heterocycles. The van der Waals surface area contributed by atoms with E-state index in [-0.39, 0.29) is 17.8 Å².